The number of rotatable bonds is 3. The molecule has 0 amide bonds. The third-order valence-electron chi connectivity index (χ3n) is 3.45. The highest BCUT2D eigenvalue weighted by Gasteiger charge is 2.14. The largest absolute Gasteiger partial charge is 0.384 e. The molecule has 0 saturated heterocycles. The van der Waals surface area contributed by atoms with E-state index in [1.807, 2.05) is 42.5 Å². The van der Waals surface area contributed by atoms with Crippen LogP contribution in [0.4, 0.5) is 5.69 Å². The molecule has 19 heavy (non-hydrogen) atoms. The summed E-state index contributed by atoms with van der Waals surface area (Å²) >= 11 is 6.08. The lowest BCUT2D eigenvalue weighted by molar-refractivity contribution is 0.0993. The van der Waals surface area contributed by atoms with E-state index in [2.05, 4.69) is 5.32 Å². The van der Waals surface area contributed by atoms with Crippen molar-refractivity contribution >= 4 is 23.1 Å². The Hall–Kier alpha value is -1.80. The van der Waals surface area contributed by atoms with Crippen molar-refractivity contribution in [3.8, 4) is 0 Å². The van der Waals surface area contributed by atoms with Gasteiger partial charge in [-0.15, -0.1) is 0 Å². The predicted octanol–water partition coefficient (Wildman–Crippen LogP) is 3.73. The second-order valence-electron chi connectivity index (χ2n) is 4.74. The topological polar surface area (TPSA) is 29.1 Å². The second-order valence-corrected chi connectivity index (χ2v) is 5.15. The van der Waals surface area contributed by atoms with E-state index in [1.54, 1.807) is 0 Å². The molecule has 96 valence electrons. The van der Waals surface area contributed by atoms with Crippen molar-refractivity contribution in [3.63, 3.8) is 0 Å². The smallest absolute Gasteiger partial charge is 0.167 e. The highest BCUT2D eigenvalue weighted by atomic mass is 35.5. The Labute approximate surface area is 117 Å². The standard InChI is InChI=1S/C16H14ClNO/c17-14-4-2-1-3-12(14)10-16(19)13-6-5-11-7-8-18-15(11)9-13/h1-6,9,18H,7-8,10H2. The van der Waals surface area contributed by atoms with E-state index in [1.165, 1.54) is 5.56 Å². The first-order valence-electron chi connectivity index (χ1n) is 6.37. The van der Waals surface area contributed by atoms with Crippen LogP contribution in [0.3, 0.4) is 0 Å². The molecule has 0 saturated carbocycles. The van der Waals surface area contributed by atoms with Gasteiger partial charge in [-0.1, -0.05) is 41.9 Å². The molecule has 1 aliphatic rings. The minimum atomic E-state index is 0.101. The minimum absolute atomic E-state index is 0.101. The molecule has 1 aliphatic heterocycles. The van der Waals surface area contributed by atoms with Crippen LogP contribution < -0.4 is 5.32 Å². The van der Waals surface area contributed by atoms with Crippen LogP contribution in [0.15, 0.2) is 42.5 Å². The molecule has 2 aromatic rings. The minimum Gasteiger partial charge on any atom is -0.384 e. The Bertz CT molecular complexity index is 636. The molecule has 3 heteroatoms. The van der Waals surface area contributed by atoms with E-state index in [0.717, 1.165) is 29.8 Å². The van der Waals surface area contributed by atoms with Crippen LogP contribution in [0.5, 0.6) is 0 Å². The normalized spacial score (nSPS) is 12.9. The van der Waals surface area contributed by atoms with Crippen molar-refractivity contribution < 1.29 is 4.79 Å². The summed E-state index contributed by atoms with van der Waals surface area (Å²) < 4.78 is 0. The van der Waals surface area contributed by atoms with E-state index in [0.29, 0.717) is 11.4 Å². The lowest BCUT2D eigenvalue weighted by atomic mass is 10.0. The molecule has 0 aliphatic carbocycles. The van der Waals surface area contributed by atoms with Gasteiger partial charge in [-0.25, -0.2) is 0 Å². The number of carbonyl (C=O) groups excluding carboxylic acids is 1. The first-order chi connectivity index (χ1) is 9.24. The Kier molecular flexibility index (Phi) is 3.26. The second kappa shape index (κ2) is 5.06. The predicted molar refractivity (Wildman–Crippen MR) is 78.1 cm³/mol. The van der Waals surface area contributed by atoms with Crippen LogP contribution in [-0.2, 0) is 12.8 Å². The number of anilines is 1. The number of nitrogens with one attached hydrogen (secondary N) is 1. The molecule has 0 unspecified atom stereocenters. The number of hydrogen-bond acceptors (Lipinski definition) is 2. The van der Waals surface area contributed by atoms with Gasteiger partial charge in [-0.3, -0.25) is 4.79 Å². The molecule has 0 aromatic heterocycles. The highest BCUT2D eigenvalue weighted by molar-refractivity contribution is 6.31. The zero-order valence-corrected chi connectivity index (χ0v) is 11.2. The fourth-order valence-electron chi connectivity index (χ4n) is 2.38. The zero-order chi connectivity index (χ0) is 13.2. The van der Waals surface area contributed by atoms with Crippen LogP contribution in [0, 0.1) is 0 Å². The third kappa shape index (κ3) is 2.49. The number of hydrogen-bond donors (Lipinski definition) is 1. The monoisotopic (exact) mass is 271 g/mol. The average molecular weight is 272 g/mol. The number of benzene rings is 2. The molecule has 0 radical (unpaired) electrons. The molecule has 1 heterocycles. The van der Waals surface area contributed by atoms with Gasteiger partial charge in [0.25, 0.3) is 0 Å². The molecule has 0 spiro atoms. The molecule has 3 rings (SSSR count). The molecule has 1 N–H and O–H groups in total. The number of halogens is 1. The summed E-state index contributed by atoms with van der Waals surface area (Å²) in [6, 6.07) is 13.4. The maximum absolute atomic E-state index is 12.3. The van der Waals surface area contributed by atoms with Gasteiger partial charge >= 0.3 is 0 Å². The van der Waals surface area contributed by atoms with E-state index >= 15 is 0 Å². The molecule has 2 nitrogen and oxygen atoms in total. The Morgan fingerprint density at radius 3 is 2.89 bits per heavy atom. The summed E-state index contributed by atoms with van der Waals surface area (Å²) in [5.41, 5.74) is 4.00. The van der Waals surface area contributed by atoms with E-state index in [9.17, 15) is 4.79 Å². The van der Waals surface area contributed by atoms with E-state index in [4.69, 9.17) is 11.6 Å². The maximum atomic E-state index is 12.3. The highest BCUT2D eigenvalue weighted by Crippen LogP contribution is 2.24. The van der Waals surface area contributed by atoms with Crippen LogP contribution in [-0.4, -0.2) is 12.3 Å². The average Bonchev–Trinajstić information content (AvgIpc) is 2.88. The van der Waals surface area contributed by atoms with Gasteiger partial charge in [0.15, 0.2) is 5.78 Å². The number of carbonyl (C=O) groups is 1. The number of ketones is 1. The Balaban J connectivity index is 1.83. The number of Topliss-reactive ketones (excluding diaryl/α,β-unsaturated/α-hetero) is 1. The van der Waals surface area contributed by atoms with Crippen LogP contribution in [0.1, 0.15) is 21.5 Å². The third-order valence-corrected chi connectivity index (χ3v) is 3.82. The lowest BCUT2D eigenvalue weighted by Crippen LogP contribution is -2.04. The molecule has 0 atom stereocenters. The van der Waals surface area contributed by atoms with Crippen molar-refractivity contribution in [3.05, 3.63) is 64.2 Å². The quantitative estimate of drug-likeness (QED) is 0.862. The van der Waals surface area contributed by atoms with Crippen molar-refractivity contribution in [2.75, 3.05) is 11.9 Å². The molecular formula is C16H14ClNO. The first kappa shape index (κ1) is 12.2. The summed E-state index contributed by atoms with van der Waals surface area (Å²) in [5, 5.41) is 3.94. The summed E-state index contributed by atoms with van der Waals surface area (Å²) in [4.78, 5) is 12.3. The summed E-state index contributed by atoms with van der Waals surface area (Å²) in [7, 11) is 0. The zero-order valence-electron chi connectivity index (χ0n) is 10.4. The molecular weight excluding hydrogens is 258 g/mol. The summed E-state index contributed by atoms with van der Waals surface area (Å²) in [6.45, 7) is 0.956. The van der Waals surface area contributed by atoms with Gasteiger partial charge in [0.2, 0.25) is 0 Å². The fourth-order valence-corrected chi connectivity index (χ4v) is 2.58. The lowest BCUT2D eigenvalue weighted by Gasteiger charge is -2.06. The Morgan fingerprint density at radius 2 is 2.05 bits per heavy atom. The first-order valence-corrected chi connectivity index (χ1v) is 6.75. The molecule has 2 aromatic carbocycles. The van der Waals surface area contributed by atoms with Gasteiger partial charge in [0.1, 0.15) is 0 Å². The summed E-state index contributed by atoms with van der Waals surface area (Å²) in [6.07, 6.45) is 1.38. The van der Waals surface area contributed by atoms with Crippen LogP contribution >= 0.6 is 11.6 Å². The fraction of sp³-hybridized carbons (Fsp3) is 0.188. The van der Waals surface area contributed by atoms with Gasteiger partial charge in [0, 0.05) is 29.2 Å². The van der Waals surface area contributed by atoms with Gasteiger partial charge in [-0.05, 0) is 29.7 Å². The van der Waals surface area contributed by atoms with Crippen molar-refractivity contribution in [2.45, 2.75) is 12.8 Å². The molecule has 0 fully saturated rings. The van der Waals surface area contributed by atoms with Crippen LogP contribution in [0.2, 0.25) is 5.02 Å². The summed E-state index contributed by atoms with van der Waals surface area (Å²) in [5.74, 6) is 0.101. The van der Waals surface area contributed by atoms with Crippen LogP contribution in [0.25, 0.3) is 0 Å². The van der Waals surface area contributed by atoms with Gasteiger partial charge in [-0.2, -0.15) is 0 Å². The van der Waals surface area contributed by atoms with Gasteiger partial charge < -0.3 is 5.32 Å². The maximum Gasteiger partial charge on any atom is 0.167 e. The van der Waals surface area contributed by atoms with Crippen molar-refractivity contribution in [1.82, 2.24) is 0 Å². The van der Waals surface area contributed by atoms with E-state index in [-0.39, 0.29) is 5.78 Å². The SMILES string of the molecule is O=C(Cc1ccccc1Cl)c1ccc2c(c1)NCC2. The number of fused-ring (bicyclic) bond motifs is 1. The Morgan fingerprint density at radius 1 is 1.21 bits per heavy atom. The van der Waals surface area contributed by atoms with Gasteiger partial charge in [0.05, 0.1) is 0 Å². The van der Waals surface area contributed by atoms with Crippen molar-refractivity contribution in [1.29, 1.82) is 0 Å². The van der Waals surface area contributed by atoms with E-state index < -0.39 is 0 Å². The molecule has 0 bridgehead atoms. The van der Waals surface area contributed by atoms with Crippen molar-refractivity contribution in [2.24, 2.45) is 0 Å².